The van der Waals surface area contributed by atoms with Gasteiger partial charge in [-0.3, -0.25) is 4.68 Å². The molecule has 25 heavy (non-hydrogen) atoms. The van der Waals surface area contributed by atoms with Gasteiger partial charge in [-0.25, -0.2) is 4.99 Å². The van der Waals surface area contributed by atoms with Crippen molar-refractivity contribution in [3.63, 3.8) is 0 Å². The largest absolute Gasteiger partial charge is 0.381 e. The minimum atomic E-state index is 0.581. The van der Waals surface area contributed by atoms with Crippen LogP contribution >= 0.6 is 0 Å². The van der Waals surface area contributed by atoms with Crippen LogP contribution in [0.3, 0.4) is 0 Å². The Morgan fingerprint density at radius 2 is 2.24 bits per heavy atom. The van der Waals surface area contributed by atoms with Gasteiger partial charge in [0.15, 0.2) is 5.96 Å². The molecule has 1 aromatic rings. The standard InChI is InChI=1S/C18H33N5O2/c1-5-19-18(21-11-17-14(2)22-23(4)15(17)3)20-8-6-9-24-12-16-7-10-25-13-16/h16H,5-13H2,1-4H3,(H2,19,20,21). The van der Waals surface area contributed by atoms with Gasteiger partial charge in [0.05, 0.1) is 25.5 Å². The molecule has 0 aromatic carbocycles. The number of aromatic nitrogens is 2. The Hall–Kier alpha value is -1.60. The zero-order chi connectivity index (χ0) is 18.1. The minimum absolute atomic E-state index is 0.581. The number of ether oxygens (including phenoxy) is 2. The van der Waals surface area contributed by atoms with E-state index in [1.54, 1.807) is 0 Å². The average molecular weight is 351 g/mol. The summed E-state index contributed by atoms with van der Waals surface area (Å²) in [6, 6.07) is 0. The highest BCUT2D eigenvalue weighted by molar-refractivity contribution is 5.79. The van der Waals surface area contributed by atoms with Gasteiger partial charge in [0.25, 0.3) is 0 Å². The highest BCUT2D eigenvalue weighted by Crippen LogP contribution is 2.13. The topological polar surface area (TPSA) is 72.7 Å². The minimum Gasteiger partial charge on any atom is -0.381 e. The summed E-state index contributed by atoms with van der Waals surface area (Å²) >= 11 is 0. The fourth-order valence-electron chi connectivity index (χ4n) is 2.89. The van der Waals surface area contributed by atoms with Crippen LogP contribution in [0, 0.1) is 19.8 Å². The molecule has 0 amide bonds. The molecule has 0 aliphatic carbocycles. The lowest BCUT2D eigenvalue weighted by Crippen LogP contribution is -2.38. The van der Waals surface area contributed by atoms with Gasteiger partial charge in [-0.05, 0) is 33.6 Å². The predicted molar refractivity (Wildman–Crippen MR) is 99.9 cm³/mol. The third kappa shape index (κ3) is 6.32. The molecule has 0 bridgehead atoms. The zero-order valence-corrected chi connectivity index (χ0v) is 16.1. The molecule has 1 atom stereocenters. The van der Waals surface area contributed by atoms with Crippen LogP contribution in [-0.4, -0.2) is 55.3 Å². The predicted octanol–water partition coefficient (Wildman–Crippen LogP) is 1.54. The van der Waals surface area contributed by atoms with Crippen LogP contribution in [0.25, 0.3) is 0 Å². The van der Waals surface area contributed by atoms with E-state index in [-0.39, 0.29) is 0 Å². The molecule has 1 aliphatic heterocycles. The molecule has 1 fully saturated rings. The quantitative estimate of drug-likeness (QED) is 0.401. The van der Waals surface area contributed by atoms with Crippen molar-refractivity contribution < 1.29 is 9.47 Å². The third-order valence-electron chi connectivity index (χ3n) is 4.53. The number of hydrogen-bond donors (Lipinski definition) is 2. The highest BCUT2D eigenvalue weighted by Gasteiger charge is 2.15. The van der Waals surface area contributed by atoms with Crippen molar-refractivity contribution in [3.8, 4) is 0 Å². The van der Waals surface area contributed by atoms with Crippen LogP contribution in [0.5, 0.6) is 0 Å². The van der Waals surface area contributed by atoms with E-state index in [9.17, 15) is 0 Å². The van der Waals surface area contributed by atoms with Crippen molar-refractivity contribution in [1.29, 1.82) is 0 Å². The number of nitrogens with one attached hydrogen (secondary N) is 2. The lowest BCUT2D eigenvalue weighted by Gasteiger charge is -2.12. The van der Waals surface area contributed by atoms with Gasteiger partial charge >= 0.3 is 0 Å². The van der Waals surface area contributed by atoms with E-state index in [1.165, 1.54) is 11.3 Å². The Kier molecular flexibility index (Phi) is 8.21. The van der Waals surface area contributed by atoms with Crippen molar-refractivity contribution in [3.05, 3.63) is 17.0 Å². The number of hydrogen-bond acceptors (Lipinski definition) is 4. The summed E-state index contributed by atoms with van der Waals surface area (Å²) in [4.78, 5) is 4.68. The highest BCUT2D eigenvalue weighted by atomic mass is 16.5. The first kappa shape index (κ1) is 19.7. The molecule has 142 valence electrons. The smallest absolute Gasteiger partial charge is 0.191 e. The number of rotatable bonds is 9. The van der Waals surface area contributed by atoms with Crippen LogP contribution in [0.1, 0.15) is 36.7 Å². The first-order valence-corrected chi connectivity index (χ1v) is 9.28. The van der Waals surface area contributed by atoms with Gasteiger partial charge < -0.3 is 20.1 Å². The van der Waals surface area contributed by atoms with Crippen LogP contribution in [0.4, 0.5) is 0 Å². The van der Waals surface area contributed by atoms with Crippen LogP contribution in [0.15, 0.2) is 4.99 Å². The molecule has 1 saturated heterocycles. The van der Waals surface area contributed by atoms with Crippen LogP contribution < -0.4 is 10.6 Å². The molecule has 0 saturated carbocycles. The summed E-state index contributed by atoms with van der Waals surface area (Å²) in [6.07, 6.45) is 2.09. The third-order valence-corrected chi connectivity index (χ3v) is 4.53. The second-order valence-electron chi connectivity index (χ2n) is 6.55. The summed E-state index contributed by atoms with van der Waals surface area (Å²) in [7, 11) is 1.97. The lowest BCUT2D eigenvalue weighted by molar-refractivity contribution is 0.0888. The monoisotopic (exact) mass is 351 g/mol. The molecule has 2 heterocycles. The molecule has 2 N–H and O–H groups in total. The fraction of sp³-hybridized carbons (Fsp3) is 0.778. The molecule has 0 spiro atoms. The summed E-state index contributed by atoms with van der Waals surface area (Å²) in [5.41, 5.74) is 3.41. The van der Waals surface area contributed by atoms with E-state index < -0.39 is 0 Å². The van der Waals surface area contributed by atoms with Crippen LogP contribution in [-0.2, 0) is 23.1 Å². The second kappa shape index (κ2) is 10.4. The molecule has 7 nitrogen and oxygen atoms in total. The second-order valence-corrected chi connectivity index (χ2v) is 6.55. The summed E-state index contributed by atoms with van der Waals surface area (Å²) < 4.78 is 13.0. The van der Waals surface area contributed by atoms with E-state index >= 15 is 0 Å². The SMILES string of the molecule is CCNC(=NCc1c(C)nn(C)c1C)NCCCOCC1CCOC1. The Labute approximate surface area is 151 Å². The van der Waals surface area contributed by atoms with Gasteiger partial charge in [-0.15, -0.1) is 0 Å². The van der Waals surface area contributed by atoms with Crippen molar-refractivity contribution in [2.45, 2.75) is 40.2 Å². The molecule has 2 rings (SSSR count). The van der Waals surface area contributed by atoms with E-state index in [1.807, 2.05) is 18.7 Å². The van der Waals surface area contributed by atoms with Crippen molar-refractivity contribution in [1.82, 2.24) is 20.4 Å². The number of guanidine groups is 1. The van der Waals surface area contributed by atoms with E-state index in [0.717, 1.165) is 64.0 Å². The molecule has 1 aliphatic rings. The molecule has 1 unspecified atom stereocenters. The van der Waals surface area contributed by atoms with Gasteiger partial charge in [-0.1, -0.05) is 0 Å². The molecular formula is C18H33N5O2. The first-order valence-electron chi connectivity index (χ1n) is 9.28. The van der Waals surface area contributed by atoms with Crippen molar-refractivity contribution >= 4 is 5.96 Å². The Morgan fingerprint density at radius 3 is 2.88 bits per heavy atom. The van der Waals surface area contributed by atoms with Gasteiger partial charge in [0, 0.05) is 50.5 Å². The summed E-state index contributed by atoms with van der Waals surface area (Å²) in [6.45, 7) is 11.8. The number of nitrogens with zero attached hydrogens (tertiary/aromatic N) is 3. The van der Waals surface area contributed by atoms with Gasteiger partial charge in [0.1, 0.15) is 0 Å². The Morgan fingerprint density at radius 1 is 1.40 bits per heavy atom. The lowest BCUT2D eigenvalue weighted by atomic mass is 10.1. The Bertz CT molecular complexity index is 550. The summed E-state index contributed by atoms with van der Waals surface area (Å²) in [5.74, 6) is 1.42. The van der Waals surface area contributed by atoms with Crippen LogP contribution in [0.2, 0.25) is 0 Å². The maximum Gasteiger partial charge on any atom is 0.191 e. The fourth-order valence-corrected chi connectivity index (χ4v) is 2.89. The summed E-state index contributed by atoms with van der Waals surface area (Å²) in [5, 5.41) is 11.1. The molecule has 7 heteroatoms. The van der Waals surface area contributed by atoms with Gasteiger partial charge in [-0.2, -0.15) is 5.10 Å². The first-order chi connectivity index (χ1) is 12.1. The Balaban J connectivity index is 1.70. The van der Waals surface area contributed by atoms with Gasteiger partial charge in [0.2, 0.25) is 0 Å². The van der Waals surface area contributed by atoms with E-state index in [0.29, 0.717) is 12.5 Å². The number of aryl methyl sites for hydroxylation is 2. The average Bonchev–Trinajstić information content (AvgIpc) is 3.18. The molecule has 1 aromatic heterocycles. The van der Waals surface area contributed by atoms with E-state index in [2.05, 4.69) is 34.6 Å². The zero-order valence-electron chi connectivity index (χ0n) is 16.1. The molecule has 0 radical (unpaired) electrons. The maximum absolute atomic E-state index is 5.73. The number of aliphatic imine (C=N–C) groups is 1. The van der Waals surface area contributed by atoms with Crippen molar-refractivity contribution in [2.75, 3.05) is 39.5 Å². The normalized spacial score (nSPS) is 17.9. The van der Waals surface area contributed by atoms with E-state index in [4.69, 9.17) is 9.47 Å². The van der Waals surface area contributed by atoms with Crippen molar-refractivity contribution in [2.24, 2.45) is 18.0 Å². The maximum atomic E-state index is 5.73. The molecular weight excluding hydrogens is 318 g/mol.